The Hall–Kier alpha value is -3.39. The van der Waals surface area contributed by atoms with Crippen LogP contribution in [0, 0.1) is 5.92 Å². The Morgan fingerprint density at radius 1 is 1.03 bits per heavy atom. The van der Waals surface area contributed by atoms with Crippen molar-refractivity contribution in [2.75, 3.05) is 20.3 Å². The Kier molecular flexibility index (Phi) is 8.02. The second-order valence-corrected chi connectivity index (χ2v) is 9.15. The summed E-state index contributed by atoms with van der Waals surface area (Å²) in [6, 6.07) is 14.9. The maximum Gasteiger partial charge on any atom is 0.407 e. The Morgan fingerprint density at radius 2 is 1.69 bits per heavy atom. The number of rotatable bonds is 10. The smallest absolute Gasteiger partial charge is 0.407 e. The van der Waals surface area contributed by atoms with E-state index < -0.39 is 36.0 Å². The number of carboxylic acids is 1. The van der Waals surface area contributed by atoms with E-state index in [2.05, 4.69) is 22.8 Å². The molecule has 3 N–H and O–H groups in total. The first-order valence-corrected chi connectivity index (χ1v) is 12.1. The molecule has 0 bridgehead atoms. The van der Waals surface area contributed by atoms with Crippen molar-refractivity contribution in [3.63, 3.8) is 0 Å². The summed E-state index contributed by atoms with van der Waals surface area (Å²) in [5, 5.41) is 14.9. The lowest BCUT2D eigenvalue weighted by atomic mass is 9.98. The van der Waals surface area contributed by atoms with E-state index in [1.54, 1.807) is 7.11 Å². The minimum absolute atomic E-state index is 0.0799. The monoisotopic (exact) mass is 480 g/mol. The van der Waals surface area contributed by atoms with Crippen molar-refractivity contribution in [1.29, 1.82) is 0 Å². The molecule has 8 nitrogen and oxygen atoms in total. The van der Waals surface area contributed by atoms with Crippen LogP contribution in [-0.4, -0.2) is 55.5 Å². The fourth-order valence-corrected chi connectivity index (χ4v) is 5.19. The van der Waals surface area contributed by atoms with Crippen molar-refractivity contribution in [3.8, 4) is 11.1 Å². The molecule has 2 aromatic carbocycles. The van der Waals surface area contributed by atoms with Gasteiger partial charge in [-0.1, -0.05) is 55.0 Å². The molecule has 1 unspecified atom stereocenters. The number of hydrogen-bond acceptors (Lipinski definition) is 5. The number of aliphatic carboxylic acids is 1. The minimum atomic E-state index is -0.909. The van der Waals surface area contributed by atoms with Crippen LogP contribution in [0.1, 0.15) is 49.1 Å². The van der Waals surface area contributed by atoms with Gasteiger partial charge in [0.15, 0.2) is 0 Å². The van der Waals surface area contributed by atoms with Gasteiger partial charge in [-0.2, -0.15) is 0 Å². The van der Waals surface area contributed by atoms with Gasteiger partial charge in [0.1, 0.15) is 12.6 Å². The summed E-state index contributed by atoms with van der Waals surface area (Å²) >= 11 is 0. The van der Waals surface area contributed by atoms with Crippen molar-refractivity contribution < 1.29 is 29.0 Å². The standard InChI is InChI=1S/C27H32N2O6/c1-34-15-7-14-24(25(30)28-23-13-6-12-21(23)26(31)32)29-27(33)35-16-22-19-10-4-2-8-17(19)18-9-3-5-11-20(18)22/h2-5,8-11,21-24H,6-7,12-16H2,1H3,(H,28,30)(H,29,33)(H,31,32)/t21-,23+,24?/m1/s1. The largest absolute Gasteiger partial charge is 0.481 e. The summed E-state index contributed by atoms with van der Waals surface area (Å²) in [7, 11) is 1.57. The zero-order chi connectivity index (χ0) is 24.8. The summed E-state index contributed by atoms with van der Waals surface area (Å²) in [5.74, 6) is -1.99. The molecule has 4 rings (SSSR count). The lowest BCUT2D eigenvalue weighted by molar-refractivity contribution is -0.142. The summed E-state index contributed by atoms with van der Waals surface area (Å²) in [6.07, 6.45) is 2.13. The van der Waals surface area contributed by atoms with E-state index in [4.69, 9.17) is 9.47 Å². The molecular weight excluding hydrogens is 448 g/mol. The van der Waals surface area contributed by atoms with Crippen LogP contribution in [-0.2, 0) is 19.1 Å². The highest BCUT2D eigenvalue weighted by Gasteiger charge is 2.36. The lowest BCUT2D eigenvalue weighted by Crippen LogP contribution is -2.51. The number of hydrogen-bond donors (Lipinski definition) is 3. The summed E-state index contributed by atoms with van der Waals surface area (Å²) in [6.45, 7) is 0.591. The topological polar surface area (TPSA) is 114 Å². The molecule has 2 aliphatic rings. The van der Waals surface area contributed by atoms with Crippen LogP contribution >= 0.6 is 0 Å². The van der Waals surface area contributed by atoms with Crippen LogP contribution in [0.3, 0.4) is 0 Å². The van der Waals surface area contributed by atoms with Crippen LogP contribution in [0.2, 0.25) is 0 Å². The van der Waals surface area contributed by atoms with Crippen molar-refractivity contribution in [2.24, 2.45) is 5.92 Å². The van der Waals surface area contributed by atoms with Crippen LogP contribution in [0.5, 0.6) is 0 Å². The third-order valence-corrected chi connectivity index (χ3v) is 6.95. The molecule has 0 radical (unpaired) electrons. The Bertz CT molecular complexity index is 1030. The first-order valence-electron chi connectivity index (χ1n) is 12.1. The van der Waals surface area contributed by atoms with E-state index in [0.29, 0.717) is 32.3 Å². The average molecular weight is 481 g/mol. The summed E-state index contributed by atoms with van der Waals surface area (Å²) < 4.78 is 10.7. The van der Waals surface area contributed by atoms with Gasteiger partial charge in [0, 0.05) is 25.7 Å². The quantitative estimate of drug-likeness (QED) is 0.447. The molecule has 2 aliphatic carbocycles. The Labute approximate surface area is 205 Å². The summed E-state index contributed by atoms with van der Waals surface area (Å²) in [4.78, 5) is 37.2. The van der Waals surface area contributed by atoms with Gasteiger partial charge in [0.2, 0.25) is 5.91 Å². The van der Waals surface area contributed by atoms with Crippen molar-refractivity contribution in [1.82, 2.24) is 10.6 Å². The van der Waals surface area contributed by atoms with Crippen molar-refractivity contribution >= 4 is 18.0 Å². The van der Waals surface area contributed by atoms with Gasteiger partial charge in [-0.15, -0.1) is 0 Å². The number of carbonyl (C=O) groups is 3. The predicted octanol–water partition coefficient (Wildman–Crippen LogP) is 3.69. The average Bonchev–Trinajstić information content (AvgIpc) is 3.45. The van der Waals surface area contributed by atoms with Gasteiger partial charge in [-0.05, 0) is 47.9 Å². The van der Waals surface area contributed by atoms with E-state index in [-0.39, 0.29) is 12.5 Å². The number of alkyl carbamates (subject to hydrolysis) is 1. The van der Waals surface area contributed by atoms with Crippen molar-refractivity contribution in [2.45, 2.75) is 50.1 Å². The number of nitrogens with one attached hydrogen (secondary N) is 2. The maximum atomic E-state index is 13.0. The Balaban J connectivity index is 1.39. The molecule has 3 atom stereocenters. The molecule has 0 saturated heterocycles. The van der Waals surface area contributed by atoms with Gasteiger partial charge in [0.25, 0.3) is 0 Å². The van der Waals surface area contributed by atoms with Crippen LogP contribution in [0.25, 0.3) is 11.1 Å². The van der Waals surface area contributed by atoms with E-state index in [9.17, 15) is 19.5 Å². The van der Waals surface area contributed by atoms with Gasteiger partial charge in [0.05, 0.1) is 5.92 Å². The minimum Gasteiger partial charge on any atom is -0.481 e. The third-order valence-electron chi connectivity index (χ3n) is 6.95. The first-order chi connectivity index (χ1) is 17.0. The van der Waals surface area contributed by atoms with Gasteiger partial charge in [-0.25, -0.2) is 4.79 Å². The highest BCUT2D eigenvalue weighted by molar-refractivity contribution is 5.86. The van der Waals surface area contributed by atoms with E-state index in [0.717, 1.165) is 28.7 Å². The zero-order valence-electron chi connectivity index (χ0n) is 19.9. The third kappa shape index (κ3) is 5.65. The lowest BCUT2D eigenvalue weighted by Gasteiger charge is -2.23. The van der Waals surface area contributed by atoms with Crippen molar-refractivity contribution in [3.05, 3.63) is 59.7 Å². The number of carbonyl (C=O) groups excluding carboxylic acids is 2. The zero-order valence-corrected chi connectivity index (χ0v) is 19.9. The van der Waals surface area contributed by atoms with Crippen LogP contribution in [0.4, 0.5) is 4.79 Å². The molecule has 0 aromatic heterocycles. The van der Waals surface area contributed by atoms with Gasteiger partial charge < -0.3 is 25.2 Å². The second kappa shape index (κ2) is 11.4. The molecule has 35 heavy (non-hydrogen) atoms. The van der Waals surface area contributed by atoms with E-state index >= 15 is 0 Å². The molecule has 8 heteroatoms. The molecule has 2 aromatic rings. The molecule has 186 valence electrons. The van der Waals surface area contributed by atoms with Gasteiger partial charge >= 0.3 is 12.1 Å². The van der Waals surface area contributed by atoms with E-state index in [1.807, 2.05) is 36.4 Å². The molecule has 2 amide bonds. The SMILES string of the molecule is COCCCC(NC(=O)OCC1c2ccccc2-c2ccccc21)C(=O)N[C@H]1CCC[C@H]1C(=O)O. The number of fused-ring (bicyclic) bond motifs is 3. The molecule has 0 spiro atoms. The first kappa shape index (κ1) is 24.7. The predicted molar refractivity (Wildman–Crippen MR) is 130 cm³/mol. The van der Waals surface area contributed by atoms with E-state index in [1.165, 1.54) is 0 Å². The molecule has 0 heterocycles. The number of amides is 2. The number of methoxy groups -OCH3 is 1. The normalized spacial score (nSPS) is 19.5. The molecule has 1 saturated carbocycles. The number of ether oxygens (including phenoxy) is 2. The fraction of sp³-hybridized carbons (Fsp3) is 0.444. The fourth-order valence-electron chi connectivity index (χ4n) is 5.19. The number of carboxylic acid groups (broad SMARTS) is 1. The highest BCUT2D eigenvalue weighted by atomic mass is 16.5. The highest BCUT2D eigenvalue weighted by Crippen LogP contribution is 2.44. The molecule has 0 aliphatic heterocycles. The Morgan fingerprint density at radius 3 is 2.31 bits per heavy atom. The second-order valence-electron chi connectivity index (χ2n) is 9.15. The molecule has 1 fully saturated rings. The number of benzene rings is 2. The maximum absolute atomic E-state index is 13.0. The summed E-state index contributed by atoms with van der Waals surface area (Å²) in [5.41, 5.74) is 4.49. The van der Waals surface area contributed by atoms with Gasteiger partial charge in [-0.3, -0.25) is 9.59 Å². The van der Waals surface area contributed by atoms with Crippen LogP contribution in [0.15, 0.2) is 48.5 Å². The molecular formula is C27H32N2O6. The van der Waals surface area contributed by atoms with Crippen LogP contribution < -0.4 is 10.6 Å².